The van der Waals surface area contributed by atoms with Gasteiger partial charge in [0.15, 0.2) is 0 Å². The predicted octanol–water partition coefficient (Wildman–Crippen LogP) is 3.68. The third-order valence-electron chi connectivity index (χ3n) is 3.42. The van der Waals surface area contributed by atoms with Crippen molar-refractivity contribution < 1.29 is 9.18 Å². The summed E-state index contributed by atoms with van der Waals surface area (Å²) in [5, 5.41) is 7.05. The summed E-state index contributed by atoms with van der Waals surface area (Å²) in [7, 11) is 0. The van der Waals surface area contributed by atoms with Gasteiger partial charge in [-0.3, -0.25) is 10.1 Å². The molecule has 0 bridgehead atoms. The van der Waals surface area contributed by atoms with Gasteiger partial charge in [0.05, 0.1) is 6.54 Å². The van der Waals surface area contributed by atoms with E-state index in [2.05, 4.69) is 15.4 Å². The highest BCUT2D eigenvalue weighted by atomic mass is 35.5. The maximum Gasteiger partial charge on any atom is 0.258 e. The molecule has 0 aliphatic heterocycles. The maximum atomic E-state index is 13.8. The van der Waals surface area contributed by atoms with E-state index in [9.17, 15) is 9.18 Å². The fourth-order valence-corrected chi connectivity index (χ4v) is 2.46. The van der Waals surface area contributed by atoms with Crippen LogP contribution in [0, 0.1) is 12.7 Å². The van der Waals surface area contributed by atoms with Crippen molar-refractivity contribution in [2.75, 3.05) is 5.32 Å². The molecule has 1 heterocycles. The monoisotopic (exact) mass is 344 g/mol. The molecule has 5 nitrogen and oxygen atoms in total. The second-order valence-electron chi connectivity index (χ2n) is 5.29. The van der Waals surface area contributed by atoms with Crippen LogP contribution in [0.2, 0.25) is 5.02 Å². The lowest BCUT2D eigenvalue weighted by Crippen LogP contribution is -2.13. The van der Waals surface area contributed by atoms with Crippen LogP contribution >= 0.6 is 11.6 Å². The molecular formula is C17H14ClFN4O. The van der Waals surface area contributed by atoms with E-state index in [4.69, 9.17) is 11.6 Å². The first-order valence-electron chi connectivity index (χ1n) is 7.23. The minimum atomic E-state index is -0.414. The summed E-state index contributed by atoms with van der Waals surface area (Å²) in [6.45, 7) is 2.03. The molecule has 1 aromatic heterocycles. The fourth-order valence-electron chi connectivity index (χ4n) is 2.23. The Bertz CT molecular complexity index is 874. The number of hydrogen-bond donors (Lipinski definition) is 1. The van der Waals surface area contributed by atoms with Gasteiger partial charge in [0.2, 0.25) is 5.95 Å². The van der Waals surface area contributed by atoms with Crippen molar-refractivity contribution in [3.63, 3.8) is 0 Å². The lowest BCUT2D eigenvalue weighted by Gasteiger charge is -2.05. The molecule has 7 heteroatoms. The van der Waals surface area contributed by atoms with Crippen molar-refractivity contribution in [3.8, 4) is 0 Å². The Morgan fingerprint density at radius 2 is 2.08 bits per heavy atom. The molecule has 122 valence electrons. The van der Waals surface area contributed by atoms with Gasteiger partial charge >= 0.3 is 0 Å². The lowest BCUT2D eigenvalue weighted by atomic mass is 10.1. The smallest absolute Gasteiger partial charge is 0.258 e. The highest BCUT2D eigenvalue weighted by Gasteiger charge is 2.12. The molecule has 0 saturated carbocycles. The van der Waals surface area contributed by atoms with Crippen molar-refractivity contribution >= 4 is 23.5 Å². The highest BCUT2D eigenvalue weighted by molar-refractivity contribution is 6.31. The van der Waals surface area contributed by atoms with Gasteiger partial charge in [-0.1, -0.05) is 35.4 Å². The Kier molecular flexibility index (Phi) is 4.57. The Morgan fingerprint density at radius 3 is 2.83 bits per heavy atom. The van der Waals surface area contributed by atoms with Crippen molar-refractivity contribution in [2.45, 2.75) is 13.5 Å². The number of aromatic nitrogens is 3. The first-order valence-corrected chi connectivity index (χ1v) is 7.61. The van der Waals surface area contributed by atoms with Crippen LogP contribution in [0.15, 0.2) is 48.8 Å². The molecule has 0 spiro atoms. The van der Waals surface area contributed by atoms with Crippen molar-refractivity contribution in [3.05, 3.63) is 76.3 Å². The number of nitrogens with zero attached hydrogens (tertiary/aromatic N) is 3. The van der Waals surface area contributed by atoms with E-state index >= 15 is 0 Å². The zero-order valence-electron chi connectivity index (χ0n) is 12.8. The van der Waals surface area contributed by atoms with Crippen LogP contribution in [0.25, 0.3) is 0 Å². The van der Waals surface area contributed by atoms with Crippen LogP contribution < -0.4 is 5.32 Å². The predicted molar refractivity (Wildman–Crippen MR) is 89.7 cm³/mol. The Hall–Kier alpha value is -2.73. The van der Waals surface area contributed by atoms with E-state index < -0.39 is 5.82 Å². The quantitative estimate of drug-likeness (QED) is 0.785. The number of hydrogen-bond acceptors (Lipinski definition) is 3. The standard InChI is InChI=1S/C17H14ClFN4O/c1-11-4-2-5-12(8-11)16(24)21-17-20-10-23(22-17)9-13-14(18)6-3-7-15(13)19/h2-8,10H,9H2,1H3,(H,21,22,24). The van der Waals surface area contributed by atoms with Gasteiger partial charge in [-0.2, -0.15) is 0 Å². The normalized spacial score (nSPS) is 10.6. The van der Waals surface area contributed by atoms with Crippen molar-refractivity contribution in [2.24, 2.45) is 0 Å². The van der Waals surface area contributed by atoms with E-state index in [0.717, 1.165) is 5.56 Å². The van der Waals surface area contributed by atoms with Gasteiger partial charge in [0.25, 0.3) is 5.91 Å². The van der Waals surface area contributed by atoms with Crippen LogP contribution in [0.5, 0.6) is 0 Å². The Labute approximate surface area is 143 Å². The number of amides is 1. The summed E-state index contributed by atoms with van der Waals surface area (Å²) in [5.41, 5.74) is 1.82. The Balaban J connectivity index is 1.73. The zero-order valence-corrected chi connectivity index (χ0v) is 13.6. The number of carbonyl (C=O) groups is 1. The van der Waals surface area contributed by atoms with Crippen LogP contribution in [0.4, 0.5) is 10.3 Å². The third-order valence-corrected chi connectivity index (χ3v) is 3.78. The van der Waals surface area contributed by atoms with Crippen LogP contribution in [0.1, 0.15) is 21.5 Å². The molecule has 0 unspecified atom stereocenters. The van der Waals surface area contributed by atoms with Crippen LogP contribution in [-0.4, -0.2) is 20.7 Å². The topological polar surface area (TPSA) is 59.8 Å². The number of anilines is 1. The van der Waals surface area contributed by atoms with Gasteiger partial charge < -0.3 is 0 Å². The van der Waals surface area contributed by atoms with E-state index in [-0.39, 0.29) is 18.4 Å². The number of halogens is 2. The molecule has 3 rings (SSSR count). The molecule has 0 aliphatic rings. The average Bonchev–Trinajstić information content (AvgIpc) is 2.98. The van der Waals surface area contributed by atoms with Gasteiger partial charge in [-0.05, 0) is 31.2 Å². The minimum Gasteiger partial charge on any atom is -0.289 e. The summed E-state index contributed by atoms with van der Waals surface area (Å²) >= 11 is 5.99. The minimum absolute atomic E-state index is 0.124. The molecule has 0 radical (unpaired) electrons. The number of aryl methyl sites for hydroxylation is 1. The number of benzene rings is 2. The summed E-state index contributed by atoms with van der Waals surface area (Å²) in [6.07, 6.45) is 1.41. The maximum absolute atomic E-state index is 13.8. The molecule has 0 atom stereocenters. The van der Waals surface area contributed by atoms with E-state index in [1.54, 1.807) is 24.3 Å². The van der Waals surface area contributed by atoms with Crippen molar-refractivity contribution in [1.82, 2.24) is 14.8 Å². The molecule has 1 N–H and O–H groups in total. The molecule has 1 amide bonds. The van der Waals surface area contributed by atoms with Gasteiger partial charge in [0.1, 0.15) is 12.1 Å². The molecule has 2 aromatic carbocycles. The first kappa shape index (κ1) is 16.1. The summed E-state index contributed by atoms with van der Waals surface area (Å²) in [6, 6.07) is 11.7. The molecule has 0 aliphatic carbocycles. The molecule has 0 fully saturated rings. The number of nitrogens with one attached hydrogen (secondary N) is 1. The zero-order chi connectivity index (χ0) is 17.1. The van der Waals surface area contributed by atoms with Crippen LogP contribution in [0.3, 0.4) is 0 Å². The largest absolute Gasteiger partial charge is 0.289 e. The molecular weight excluding hydrogens is 331 g/mol. The first-order chi connectivity index (χ1) is 11.5. The van der Waals surface area contributed by atoms with E-state index in [1.165, 1.54) is 23.1 Å². The SMILES string of the molecule is Cc1cccc(C(=O)Nc2ncn(Cc3c(F)cccc3Cl)n2)c1. The summed E-state index contributed by atoms with van der Waals surface area (Å²) < 4.78 is 15.2. The second-order valence-corrected chi connectivity index (χ2v) is 5.70. The second kappa shape index (κ2) is 6.80. The summed E-state index contributed by atoms with van der Waals surface area (Å²) in [4.78, 5) is 16.2. The van der Waals surface area contributed by atoms with E-state index in [1.807, 2.05) is 13.0 Å². The van der Waals surface area contributed by atoms with Crippen molar-refractivity contribution in [1.29, 1.82) is 0 Å². The number of carbonyl (C=O) groups excluding carboxylic acids is 1. The highest BCUT2D eigenvalue weighted by Crippen LogP contribution is 2.19. The van der Waals surface area contributed by atoms with Crippen LogP contribution in [-0.2, 0) is 6.54 Å². The lowest BCUT2D eigenvalue weighted by molar-refractivity contribution is 0.102. The fraction of sp³-hybridized carbons (Fsp3) is 0.118. The van der Waals surface area contributed by atoms with Gasteiger partial charge in [-0.15, -0.1) is 5.10 Å². The molecule has 3 aromatic rings. The van der Waals surface area contributed by atoms with Gasteiger partial charge in [-0.25, -0.2) is 14.1 Å². The Morgan fingerprint density at radius 1 is 1.29 bits per heavy atom. The average molecular weight is 345 g/mol. The molecule has 24 heavy (non-hydrogen) atoms. The van der Waals surface area contributed by atoms with E-state index in [0.29, 0.717) is 16.1 Å². The molecule has 0 saturated heterocycles. The number of rotatable bonds is 4. The summed E-state index contributed by atoms with van der Waals surface area (Å²) in [5.74, 6) is -0.572. The third kappa shape index (κ3) is 3.60. The van der Waals surface area contributed by atoms with Gasteiger partial charge in [0, 0.05) is 16.1 Å².